The molecule has 25 heavy (non-hydrogen) atoms. The summed E-state index contributed by atoms with van der Waals surface area (Å²) in [6, 6.07) is 3.72. The first-order valence-corrected chi connectivity index (χ1v) is 8.47. The summed E-state index contributed by atoms with van der Waals surface area (Å²) in [5, 5.41) is 14.7. The molecule has 3 aromatic rings. The van der Waals surface area contributed by atoms with E-state index >= 15 is 0 Å². The first-order valence-electron chi connectivity index (χ1n) is 8.47. The second kappa shape index (κ2) is 5.91. The van der Waals surface area contributed by atoms with Crippen molar-refractivity contribution in [1.82, 2.24) is 25.3 Å². The van der Waals surface area contributed by atoms with E-state index in [2.05, 4.69) is 20.6 Å². The van der Waals surface area contributed by atoms with Crippen LogP contribution >= 0.6 is 0 Å². The lowest BCUT2D eigenvalue weighted by molar-refractivity contribution is 0.0927. The topological polar surface area (TPSA) is 88.7 Å². The van der Waals surface area contributed by atoms with E-state index in [1.165, 1.54) is 0 Å². The Morgan fingerprint density at radius 2 is 2.28 bits per heavy atom. The first-order chi connectivity index (χ1) is 12.0. The van der Waals surface area contributed by atoms with Gasteiger partial charge in [-0.2, -0.15) is 10.2 Å². The van der Waals surface area contributed by atoms with Crippen molar-refractivity contribution in [3.8, 4) is 11.3 Å². The van der Waals surface area contributed by atoms with Gasteiger partial charge >= 0.3 is 0 Å². The summed E-state index contributed by atoms with van der Waals surface area (Å²) in [5.41, 5.74) is 5.15. The van der Waals surface area contributed by atoms with Crippen molar-refractivity contribution >= 4 is 5.91 Å². The zero-order valence-electron chi connectivity index (χ0n) is 14.6. The molecule has 0 aromatic carbocycles. The highest BCUT2D eigenvalue weighted by Gasteiger charge is 2.25. The molecular formula is C18H21N5O2. The molecule has 0 aliphatic heterocycles. The van der Waals surface area contributed by atoms with E-state index in [0.717, 1.165) is 53.2 Å². The highest BCUT2D eigenvalue weighted by molar-refractivity contribution is 5.93. The standard InChI is InChI=1S/C18H21N5O2/c1-10-17(11(2)23(3)22-10)14-9-15(21-20-14)18(24)19-13-5-4-6-16-12(13)7-8-25-16/h7-9,13H,4-6H2,1-3H3,(H,19,24)(H,20,21). The van der Waals surface area contributed by atoms with Crippen molar-refractivity contribution < 1.29 is 9.21 Å². The summed E-state index contributed by atoms with van der Waals surface area (Å²) in [4.78, 5) is 12.6. The van der Waals surface area contributed by atoms with Gasteiger partial charge in [-0.3, -0.25) is 14.6 Å². The molecule has 3 aromatic heterocycles. The molecule has 0 fully saturated rings. The lowest BCUT2D eigenvalue weighted by Crippen LogP contribution is -2.30. The lowest BCUT2D eigenvalue weighted by atomic mass is 9.93. The van der Waals surface area contributed by atoms with Crippen LogP contribution in [0.4, 0.5) is 0 Å². The Kier molecular flexibility index (Phi) is 3.71. The number of fused-ring (bicyclic) bond motifs is 1. The van der Waals surface area contributed by atoms with Crippen molar-refractivity contribution in [2.45, 2.75) is 39.2 Å². The summed E-state index contributed by atoms with van der Waals surface area (Å²) >= 11 is 0. The summed E-state index contributed by atoms with van der Waals surface area (Å²) < 4.78 is 7.30. The molecule has 0 bridgehead atoms. The normalized spacial score (nSPS) is 16.7. The summed E-state index contributed by atoms with van der Waals surface area (Å²) in [5.74, 6) is 0.820. The minimum Gasteiger partial charge on any atom is -0.469 e. The number of carbonyl (C=O) groups excluding carboxylic acids is 1. The molecule has 4 rings (SSSR count). The number of aromatic amines is 1. The second-order valence-electron chi connectivity index (χ2n) is 6.55. The molecule has 0 saturated heterocycles. The molecule has 0 spiro atoms. The lowest BCUT2D eigenvalue weighted by Gasteiger charge is -2.22. The predicted octanol–water partition coefficient (Wildman–Crippen LogP) is 2.83. The Balaban J connectivity index is 1.56. The van der Waals surface area contributed by atoms with Crippen LogP contribution in [0.1, 0.15) is 52.1 Å². The maximum absolute atomic E-state index is 12.6. The summed E-state index contributed by atoms with van der Waals surface area (Å²) in [6.07, 6.45) is 4.55. The Bertz CT molecular complexity index is 933. The Morgan fingerprint density at radius 3 is 3.04 bits per heavy atom. The number of nitrogens with one attached hydrogen (secondary N) is 2. The Labute approximate surface area is 145 Å². The van der Waals surface area contributed by atoms with Gasteiger partial charge in [-0.05, 0) is 38.8 Å². The van der Waals surface area contributed by atoms with Gasteiger partial charge < -0.3 is 9.73 Å². The number of H-pyrrole nitrogens is 1. The van der Waals surface area contributed by atoms with Crippen LogP contribution in [0.3, 0.4) is 0 Å². The number of hydrogen-bond acceptors (Lipinski definition) is 4. The largest absolute Gasteiger partial charge is 0.469 e. The molecule has 0 saturated carbocycles. The van der Waals surface area contributed by atoms with Gasteiger partial charge in [0.15, 0.2) is 0 Å². The fourth-order valence-corrected chi connectivity index (χ4v) is 3.58. The zero-order valence-corrected chi connectivity index (χ0v) is 14.6. The molecule has 7 heteroatoms. The molecule has 1 aliphatic carbocycles. The predicted molar refractivity (Wildman–Crippen MR) is 92.1 cm³/mol. The van der Waals surface area contributed by atoms with Gasteiger partial charge in [-0.25, -0.2) is 0 Å². The molecule has 1 aliphatic rings. The van der Waals surface area contributed by atoms with Crippen LogP contribution in [0, 0.1) is 13.8 Å². The van der Waals surface area contributed by atoms with Crippen molar-refractivity contribution in [2.75, 3.05) is 0 Å². The SMILES string of the molecule is Cc1nn(C)c(C)c1-c1cc(C(=O)NC2CCCc3occc32)[nH]n1. The van der Waals surface area contributed by atoms with E-state index < -0.39 is 0 Å². The van der Waals surface area contributed by atoms with E-state index in [9.17, 15) is 4.79 Å². The third-order valence-corrected chi connectivity index (χ3v) is 4.94. The third-order valence-electron chi connectivity index (χ3n) is 4.94. The average molecular weight is 339 g/mol. The number of aryl methyl sites for hydroxylation is 3. The van der Waals surface area contributed by atoms with Crippen molar-refractivity contribution in [2.24, 2.45) is 7.05 Å². The van der Waals surface area contributed by atoms with Crippen molar-refractivity contribution in [3.05, 3.63) is 46.8 Å². The molecule has 1 unspecified atom stereocenters. The Morgan fingerprint density at radius 1 is 1.44 bits per heavy atom. The maximum atomic E-state index is 12.6. The number of rotatable bonds is 3. The van der Waals surface area contributed by atoms with Gasteiger partial charge in [0.1, 0.15) is 11.5 Å². The van der Waals surface area contributed by atoms with Gasteiger partial charge in [0.05, 0.1) is 23.7 Å². The van der Waals surface area contributed by atoms with Crippen LogP contribution in [-0.2, 0) is 13.5 Å². The van der Waals surface area contributed by atoms with Crippen LogP contribution < -0.4 is 5.32 Å². The molecule has 2 N–H and O–H groups in total. The van der Waals surface area contributed by atoms with Crippen LogP contribution in [0.25, 0.3) is 11.3 Å². The van der Waals surface area contributed by atoms with E-state index in [-0.39, 0.29) is 11.9 Å². The molecule has 7 nitrogen and oxygen atoms in total. The van der Waals surface area contributed by atoms with Gasteiger partial charge in [0.2, 0.25) is 0 Å². The van der Waals surface area contributed by atoms with E-state index in [1.54, 1.807) is 12.3 Å². The molecular weight excluding hydrogens is 318 g/mol. The zero-order chi connectivity index (χ0) is 17.6. The molecule has 130 valence electrons. The molecule has 1 atom stereocenters. The van der Waals surface area contributed by atoms with Crippen LogP contribution in [0.5, 0.6) is 0 Å². The van der Waals surface area contributed by atoms with Gasteiger partial charge in [-0.1, -0.05) is 0 Å². The Hall–Kier alpha value is -2.83. The molecule has 3 heterocycles. The average Bonchev–Trinajstić information content (AvgIpc) is 3.28. The van der Waals surface area contributed by atoms with Crippen LogP contribution in [0.15, 0.2) is 22.8 Å². The van der Waals surface area contributed by atoms with Crippen molar-refractivity contribution in [3.63, 3.8) is 0 Å². The van der Waals surface area contributed by atoms with Gasteiger partial charge in [0.25, 0.3) is 5.91 Å². The van der Waals surface area contributed by atoms with Crippen LogP contribution in [0.2, 0.25) is 0 Å². The van der Waals surface area contributed by atoms with E-state index in [4.69, 9.17) is 4.42 Å². The van der Waals surface area contributed by atoms with Crippen LogP contribution in [-0.4, -0.2) is 25.9 Å². The van der Waals surface area contributed by atoms with E-state index in [1.807, 2.05) is 31.6 Å². The first kappa shape index (κ1) is 15.7. The number of carbonyl (C=O) groups is 1. The third kappa shape index (κ3) is 2.65. The minimum absolute atomic E-state index is 0.0105. The minimum atomic E-state index is -0.156. The number of amides is 1. The fourth-order valence-electron chi connectivity index (χ4n) is 3.58. The highest BCUT2D eigenvalue weighted by Crippen LogP contribution is 2.31. The number of furan rings is 1. The quantitative estimate of drug-likeness (QED) is 0.768. The number of hydrogen-bond donors (Lipinski definition) is 2. The monoisotopic (exact) mass is 339 g/mol. The van der Waals surface area contributed by atoms with E-state index in [0.29, 0.717) is 5.69 Å². The number of aromatic nitrogens is 4. The smallest absolute Gasteiger partial charge is 0.269 e. The summed E-state index contributed by atoms with van der Waals surface area (Å²) in [7, 11) is 1.90. The highest BCUT2D eigenvalue weighted by atomic mass is 16.3. The molecule has 0 radical (unpaired) electrons. The second-order valence-corrected chi connectivity index (χ2v) is 6.55. The number of nitrogens with zero attached hydrogens (tertiary/aromatic N) is 3. The van der Waals surface area contributed by atoms with Gasteiger partial charge in [0, 0.05) is 30.3 Å². The maximum Gasteiger partial charge on any atom is 0.269 e. The summed E-state index contributed by atoms with van der Waals surface area (Å²) in [6.45, 7) is 3.94. The van der Waals surface area contributed by atoms with Gasteiger partial charge in [-0.15, -0.1) is 0 Å². The molecule has 1 amide bonds. The van der Waals surface area contributed by atoms with Crippen molar-refractivity contribution in [1.29, 1.82) is 0 Å². The fraction of sp³-hybridized carbons (Fsp3) is 0.389.